The van der Waals surface area contributed by atoms with E-state index in [0.717, 1.165) is 10.4 Å². The molecule has 0 bridgehead atoms. The number of benzene rings is 2. The summed E-state index contributed by atoms with van der Waals surface area (Å²) in [6.07, 6.45) is 0. The van der Waals surface area contributed by atoms with Crippen LogP contribution in [0.5, 0.6) is 5.75 Å². The summed E-state index contributed by atoms with van der Waals surface area (Å²) < 4.78 is 38.0. The van der Waals surface area contributed by atoms with Gasteiger partial charge in [0.25, 0.3) is 5.91 Å². The van der Waals surface area contributed by atoms with Gasteiger partial charge in [0.1, 0.15) is 5.75 Å². The highest BCUT2D eigenvalue weighted by Gasteiger charge is 2.28. The average Bonchev–Trinajstić information content (AvgIpc) is 3.34. The molecule has 1 amide bonds. The number of carbonyl (C=O) groups excluding carboxylic acids is 1. The minimum atomic E-state index is -3.74. The van der Waals surface area contributed by atoms with Crippen molar-refractivity contribution in [3.8, 4) is 16.2 Å². The lowest BCUT2D eigenvalue weighted by Crippen LogP contribution is -2.40. The fourth-order valence-electron chi connectivity index (χ4n) is 3.39. The van der Waals surface area contributed by atoms with Gasteiger partial charge in [-0.15, -0.1) is 11.3 Å². The van der Waals surface area contributed by atoms with Crippen molar-refractivity contribution in [2.24, 2.45) is 0 Å². The predicted molar refractivity (Wildman–Crippen MR) is 120 cm³/mol. The number of ether oxygens (including phenoxy) is 2. The first-order chi connectivity index (χ1) is 15.0. The molecule has 7 nitrogen and oxygen atoms in total. The van der Waals surface area contributed by atoms with Gasteiger partial charge in [-0.25, -0.2) is 8.42 Å². The molecule has 0 unspecified atom stereocenters. The van der Waals surface area contributed by atoms with Crippen LogP contribution in [0, 0.1) is 0 Å². The molecule has 0 spiro atoms. The van der Waals surface area contributed by atoms with Gasteiger partial charge >= 0.3 is 0 Å². The number of thiophene rings is 1. The summed E-state index contributed by atoms with van der Waals surface area (Å²) in [5.74, 6) is -0.146. The second kappa shape index (κ2) is 9.19. The fourth-order valence-corrected chi connectivity index (χ4v) is 5.59. The maximum absolute atomic E-state index is 13.2. The molecule has 2 aromatic carbocycles. The van der Waals surface area contributed by atoms with Crippen LogP contribution in [0.15, 0.2) is 64.9 Å². The number of sulfonamides is 1. The molecule has 2 heterocycles. The number of hydrogen-bond donors (Lipinski definition) is 1. The molecule has 31 heavy (non-hydrogen) atoms. The average molecular weight is 459 g/mol. The van der Waals surface area contributed by atoms with Gasteiger partial charge in [-0.05, 0) is 35.7 Å². The number of methoxy groups -OCH3 is 1. The third kappa shape index (κ3) is 4.49. The van der Waals surface area contributed by atoms with Crippen LogP contribution < -0.4 is 10.1 Å². The van der Waals surface area contributed by atoms with Gasteiger partial charge in [0.05, 0.1) is 30.8 Å². The Bertz CT molecular complexity index is 1170. The van der Waals surface area contributed by atoms with E-state index in [-0.39, 0.29) is 23.5 Å². The third-order valence-electron chi connectivity index (χ3n) is 4.99. The van der Waals surface area contributed by atoms with Crippen molar-refractivity contribution in [1.29, 1.82) is 0 Å². The van der Waals surface area contributed by atoms with Crippen molar-refractivity contribution in [3.63, 3.8) is 0 Å². The van der Waals surface area contributed by atoms with Gasteiger partial charge < -0.3 is 14.8 Å². The number of amides is 1. The molecule has 1 aliphatic heterocycles. The zero-order valence-corrected chi connectivity index (χ0v) is 18.5. The van der Waals surface area contributed by atoms with E-state index in [4.69, 9.17) is 9.47 Å². The van der Waals surface area contributed by atoms with E-state index in [2.05, 4.69) is 5.32 Å². The topological polar surface area (TPSA) is 84.9 Å². The first-order valence-corrected chi connectivity index (χ1v) is 12.0. The van der Waals surface area contributed by atoms with Gasteiger partial charge in [0.2, 0.25) is 10.0 Å². The zero-order valence-electron chi connectivity index (χ0n) is 16.9. The standard InChI is InChI=1S/C22H22N2O5S2/c1-28-20-9-8-16(31(26,27)24-10-12-29-13-11-24)15-18(20)22(25)23-19-6-3-2-5-17(19)21-7-4-14-30-21/h2-9,14-15H,10-13H2,1H3,(H,23,25). The van der Waals surface area contributed by atoms with E-state index in [1.807, 2.05) is 41.8 Å². The lowest BCUT2D eigenvalue weighted by molar-refractivity contribution is 0.0730. The summed E-state index contributed by atoms with van der Waals surface area (Å²) in [5.41, 5.74) is 1.68. The first kappa shape index (κ1) is 21.5. The maximum Gasteiger partial charge on any atom is 0.259 e. The van der Waals surface area contributed by atoms with Crippen LogP contribution in [0.2, 0.25) is 0 Å². The molecule has 4 rings (SSSR count). The highest BCUT2D eigenvalue weighted by atomic mass is 32.2. The largest absolute Gasteiger partial charge is 0.496 e. The van der Waals surface area contributed by atoms with Crippen molar-refractivity contribution in [3.05, 3.63) is 65.5 Å². The Balaban J connectivity index is 1.67. The molecule has 0 aliphatic carbocycles. The number of carbonyl (C=O) groups is 1. The fraction of sp³-hybridized carbons (Fsp3) is 0.227. The highest BCUT2D eigenvalue weighted by Crippen LogP contribution is 2.32. The predicted octanol–water partition coefficient (Wildman–Crippen LogP) is 3.70. The normalized spacial score (nSPS) is 14.9. The van der Waals surface area contributed by atoms with E-state index in [1.54, 1.807) is 11.3 Å². The van der Waals surface area contributed by atoms with Gasteiger partial charge in [-0.2, -0.15) is 4.31 Å². The van der Waals surface area contributed by atoms with Crippen LogP contribution in [0.3, 0.4) is 0 Å². The number of morpholine rings is 1. The molecule has 0 saturated carbocycles. The molecule has 1 aliphatic rings. The molecular weight excluding hydrogens is 436 g/mol. The number of para-hydroxylation sites is 1. The monoisotopic (exact) mass is 458 g/mol. The summed E-state index contributed by atoms with van der Waals surface area (Å²) in [7, 11) is -2.29. The van der Waals surface area contributed by atoms with Gasteiger partial charge in [-0.1, -0.05) is 24.3 Å². The Labute approximate surface area is 185 Å². The lowest BCUT2D eigenvalue weighted by Gasteiger charge is -2.26. The van der Waals surface area contributed by atoms with Crippen LogP contribution >= 0.6 is 11.3 Å². The SMILES string of the molecule is COc1ccc(S(=O)(=O)N2CCOCC2)cc1C(=O)Nc1ccccc1-c1cccs1. The Hall–Kier alpha value is -2.72. The summed E-state index contributed by atoms with van der Waals surface area (Å²) in [6.45, 7) is 1.26. The van der Waals surface area contributed by atoms with Crippen molar-refractivity contribution >= 4 is 33.0 Å². The van der Waals surface area contributed by atoms with Gasteiger partial charge in [0.15, 0.2) is 0 Å². The van der Waals surface area contributed by atoms with Crippen molar-refractivity contribution in [1.82, 2.24) is 4.31 Å². The Kier molecular flexibility index (Phi) is 6.38. The van der Waals surface area contributed by atoms with Gasteiger partial charge in [-0.3, -0.25) is 4.79 Å². The Morgan fingerprint density at radius 1 is 1.10 bits per heavy atom. The molecular formula is C22H22N2O5S2. The summed E-state index contributed by atoms with van der Waals surface area (Å²) in [6, 6.07) is 15.7. The zero-order chi connectivity index (χ0) is 21.8. The van der Waals surface area contributed by atoms with Crippen molar-refractivity contribution in [2.75, 3.05) is 38.7 Å². The second-order valence-electron chi connectivity index (χ2n) is 6.86. The number of anilines is 1. The quantitative estimate of drug-likeness (QED) is 0.609. The maximum atomic E-state index is 13.2. The van der Waals surface area contributed by atoms with Crippen LogP contribution in [0.1, 0.15) is 10.4 Å². The van der Waals surface area contributed by atoms with Crippen molar-refractivity contribution < 1.29 is 22.7 Å². The number of hydrogen-bond acceptors (Lipinski definition) is 6. The first-order valence-electron chi connectivity index (χ1n) is 9.71. The van der Waals surface area contributed by atoms with E-state index >= 15 is 0 Å². The van der Waals surface area contributed by atoms with E-state index in [9.17, 15) is 13.2 Å². The Morgan fingerprint density at radius 2 is 1.87 bits per heavy atom. The molecule has 162 valence electrons. The molecule has 3 aromatic rings. The second-order valence-corrected chi connectivity index (χ2v) is 9.74. The van der Waals surface area contributed by atoms with Crippen LogP contribution in [0.25, 0.3) is 10.4 Å². The van der Waals surface area contributed by atoms with Crippen LogP contribution in [-0.4, -0.2) is 52.0 Å². The molecule has 1 aromatic heterocycles. The van der Waals surface area contributed by atoms with E-state index < -0.39 is 15.9 Å². The van der Waals surface area contributed by atoms with E-state index in [0.29, 0.717) is 24.7 Å². The summed E-state index contributed by atoms with van der Waals surface area (Å²) in [4.78, 5) is 14.2. The summed E-state index contributed by atoms with van der Waals surface area (Å²) >= 11 is 1.57. The number of rotatable bonds is 6. The van der Waals surface area contributed by atoms with Crippen molar-refractivity contribution in [2.45, 2.75) is 4.90 Å². The Morgan fingerprint density at radius 3 is 2.58 bits per heavy atom. The van der Waals surface area contributed by atoms with E-state index in [1.165, 1.54) is 29.6 Å². The molecule has 1 saturated heterocycles. The minimum Gasteiger partial charge on any atom is -0.496 e. The molecule has 0 radical (unpaired) electrons. The smallest absolute Gasteiger partial charge is 0.259 e. The number of nitrogens with zero attached hydrogens (tertiary/aromatic N) is 1. The lowest BCUT2D eigenvalue weighted by atomic mass is 10.1. The molecule has 0 atom stereocenters. The minimum absolute atomic E-state index is 0.0480. The van der Waals surface area contributed by atoms with Crippen LogP contribution in [0.4, 0.5) is 5.69 Å². The van der Waals surface area contributed by atoms with Gasteiger partial charge in [0, 0.05) is 29.2 Å². The molecule has 1 N–H and O–H groups in total. The van der Waals surface area contributed by atoms with Crippen LogP contribution in [-0.2, 0) is 14.8 Å². The molecule has 1 fully saturated rings. The summed E-state index contributed by atoms with van der Waals surface area (Å²) in [5, 5.41) is 4.88. The molecule has 9 heteroatoms. The third-order valence-corrected chi connectivity index (χ3v) is 7.78. The number of nitrogens with one attached hydrogen (secondary N) is 1. The highest BCUT2D eigenvalue weighted by molar-refractivity contribution is 7.89.